The minimum atomic E-state index is -1.33. The lowest BCUT2D eigenvalue weighted by atomic mass is 10.2. The van der Waals surface area contributed by atoms with Gasteiger partial charge in [-0.1, -0.05) is 18.2 Å². The Balaban J connectivity index is 1.91. The van der Waals surface area contributed by atoms with Gasteiger partial charge in [0.1, 0.15) is 12.1 Å². The standard InChI is InChI=1S/C13H14N2O6/c16-11(8-4-2-1-3-5-8)14-21-9-6-10(12(17)18)15(7-9)13(19)20/h1-5,9-10H,6-7H2,(H,14,16)(H,17,18)(H,19,20). The van der Waals surface area contributed by atoms with Crippen molar-refractivity contribution in [2.75, 3.05) is 6.54 Å². The highest BCUT2D eigenvalue weighted by atomic mass is 16.7. The molecule has 0 saturated carbocycles. The molecule has 2 unspecified atom stereocenters. The molecule has 2 rings (SSSR count). The predicted octanol–water partition coefficient (Wildman–Crippen LogP) is 0.554. The molecule has 2 amide bonds. The number of hydrogen-bond acceptors (Lipinski definition) is 4. The van der Waals surface area contributed by atoms with E-state index in [2.05, 4.69) is 5.48 Å². The van der Waals surface area contributed by atoms with E-state index < -0.39 is 30.1 Å². The van der Waals surface area contributed by atoms with Crippen molar-refractivity contribution in [3.05, 3.63) is 35.9 Å². The van der Waals surface area contributed by atoms with Crippen molar-refractivity contribution in [2.45, 2.75) is 18.6 Å². The Bertz CT molecular complexity index is 525. The molecule has 3 N–H and O–H groups in total. The van der Waals surface area contributed by atoms with Crippen LogP contribution in [-0.2, 0) is 9.63 Å². The minimum absolute atomic E-state index is 0.0172. The van der Waals surface area contributed by atoms with Crippen molar-refractivity contribution in [1.29, 1.82) is 0 Å². The van der Waals surface area contributed by atoms with E-state index >= 15 is 0 Å². The third-order valence-corrected chi connectivity index (χ3v) is 3.15. The lowest BCUT2D eigenvalue weighted by Gasteiger charge is -2.16. The van der Waals surface area contributed by atoms with Gasteiger partial charge in [0.25, 0.3) is 5.91 Å². The zero-order chi connectivity index (χ0) is 15.4. The number of likely N-dealkylation sites (tertiary alicyclic amines) is 1. The number of carboxylic acid groups (broad SMARTS) is 2. The van der Waals surface area contributed by atoms with E-state index in [0.29, 0.717) is 5.56 Å². The highest BCUT2D eigenvalue weighted by Gasteiger charge is 2.40. The number of carboxylic acids is 1. The topological polar surface area (TPSA) is 116 Å². The number of carbonyl (C=O) groups excluding carboxylic acids is 1. The quantitative estimate of drug-likeness (QED) is 0.698. The largest absolute Gasteiger partial charge is 0.480 e. The first-order valence-corrected chi connectivity index (χ1v) is 6.22. The summed E-state index contributed by atoms with van der Waals surface area (Å²) in [7, 11) is 0. The molecule has 112 valence electrons. The number of nitrogens with zero attached hydrogens (tertiary/aromatic N) is 1. The predicted molar refractivity (Wildman–Crippen MR) is 69.6 cm³/mol. The molecule has 0 spiro atoms. The molecular weight excluding hydrogens is 280 g/mol. The number of amides is 2. The van der Waals surface area contributed by atoms with Crippen LogP contribution in [0, 0.1) is 0 Å². The highest BCUT2D eigenvalue weighted by Crippen LogP contribution is 2.20. The molecule has 1 heterocycles. The van der Waals surface area contributed by atoms with Crippen LogP contribution in [0.3, 0.4) is 0 Å². The van der Waals surface area contributed by atoms with Gasteiger partial charge in [-0.2, -0.15) is 0 Å². The molecule has 1 aliphatic rings. The van der Waals surface area contributed by atoms with Crippen molar-refractivity contribution >= 4 is 18.0 Å². The molecule has 0 bridgehead atoms. The van der Waals surface area contributed by atoms with Crippen molar-refractivity contribution in [2.24, 2.45) is 0 Å². The lowest BCUT2D eigenvalue weighted by molar-refractivity contribution is -0.141. The molecule has 1 aromatic carbocycles. The molecule has 0 radical (unpaired) electrons. The summed E-state index contributed by atoms with van der Waals surface area (Å²) in [4.78, 5) is 39.6. The van der Waals surface area contributed by atoms with E-state index in [0.717, 1.165) is 4.90 Å². The maximum atomic E-state index is 11.7. The lowest BCUT2D eigenvalue weighted by Crippen LogP contribution is -2.39. The van der Waals surface area contributed by atoms with Gasteiger partial charge in [-0.05, 0) is 12.1 Å². The maximum absolute atomic E-state index is 11.7. The summed E-state index contributed by atoms with van der Waals surface area (Å²) in [5, 5.41) is 17.9. The van der Waals surface area contributed by atoms with Gasteiger partial charge in [0.05, 0.1) is 6.54 Å². The van der Waals surface area contributed by atoms with E-state index in [9.17, 15) is 14.4 Å². The SMILES string of the molecule is O=C(NOC1CC(C(=O)O)N(C(=O)O)C1)c1ccccc1. The number of carbonyl (C=O) groups is 3. The Labute approximate surface area is 119 Å². The van der Waals surface area contributed by atoms with Crippen LogP contribution < -0.4 is 5.48 Å². The van der Waals surface area contributed by atoms with Crippen molar-refractivity contribution in [3.63, 3.8) is 0 Å². The molecule has 1 fully saturated rings. The van der Waals surface area contributed by atoms with Crippen LogP contribution in [-0.4, -0.2) is 51.8 Å². The fourth-order valence-corrected chi connectivity index (χ4v) is 2.11. The Morgan fingerprint density at radius 3 is 2.38 bits per heavy atom. The first kappa shape index (κ1) is 14.8. The second-order valence-electron chi connectivity index (χ2n) is 4.56. The third-order valence-electron chi connectivity index (χ3n) is 3.15. The van der Waals surface area contributed by atoms with Crippen LogP contribution in [0.5, 0.6) is 0 Å². The molecule has 8 heteroatoms. The summed E-state index contributed by atoms with van der Waals surface area (Å²) in [5.74, 6) is -1.71. The summed E-state index contributed by atoms with van der Waals surface area (Å²) in [6.45, 7) is -0.110. The average molecular weight is 294 g/mol. The number of benzene rings is 1. The number of nitrogens with one attached hydrogen (secondary N) is 1. The molecule has 0 aliphatic carbocycles. The Morgan fingerprint density at radius 2 is 1.86 bits per heavy atom. The number of hydrogen-bond donors (Lipinski definition) is 3. The molecule has 8 nitrogen and oxygen atoms in total. The maximum Gasteiger partial charge on any atom is 0.408 e. The van der Waals surface area contributed by atoms with Gasteiger partial charge in [-0.25, -0.2) is 15.1 Å². The van der Waals surface area contributed by atoms with Crippen LogP contribution in [0.2, 0.25) is 0 Å². The van der Waals surface area contributed by atoms with Crippen LogP contribution in [0.4, 0.5) is 4.79 Å². The Kier molecular flexibility index (Phi) is 4.39. The number of rotatable bonds is 4. The molecule has 1 saturated heterocycles. The monoisotopic (exact) mass is 294 g/mol. The fraction of sp³-hybridized carbons (Fsp3) is 0.308. The van der Waals surface area contributed by atoms with Crippen molar-refractivity contribution < 1.29 is 29.4 Å². The molecule has 1 aromatic rings. The summed E-state index contributed by atoms with van der Waals surface area (Å²) in [5.41, 5.74) is 2.60. The zero-order valence-corrected chi connectivity index (χ0v) is 10.9. The molecule has 21 heavy (non-hydrogen) atoms. The van der Waals surface area contributed by atoms with Crippen LogP contribution in [0.25, 0.3) is 0 Å². The molecule has 0 aromatic heterocycles. The van der Waals surface area contributed by atoms with Crippen molar-refractivity contribution in [3.8, 4) is 0 Å². The first-order valence-electron chi connectivity index (χ1n) is 6.22. The van der Waals surface area contributed by atoms with E-state index in [1.807, 2.05) is 0 Å². The summed E-state index contributed by atoms with van der Waals surface area (Å²) in [6.07, 6.45) is -2.05. The third kappa shape index (κ3) is 3.48. The second kappa shape index (κ2) is 6.23. The van der Waals surface area contributed by atoms with Crippen LogP contribution in [0.1, 0.15) is 16.8 Å². The first-order chi connectivity index (χ1) is 9.99. The molecule has 1 aliphatic heterocycles. The van der Waals surface area contributed by atoms with E-state index in [1.54, 1.807) is 30.3 Å². The van der Waals surface area contributed by atoms with Gasteiger partial charge in [-0.15, -0.1) is 0 Å². The van der Waals surface area contributed by atoms with Gasteiger partial charge in [0.2, 0.25) is 0 Å². The highest BCUT2D eigenvalue weighted by molar-refractivity contribution is 5.93. The van der Waals surface area contributed by atoms with Gasteiger partial charge in [0.15, 0.2) is 0 Å². The average Bonchev–Trinajstić information content (AvgIpc) is 2.90. The normalized spacial score (nSPS) is 21.0. The second-order valence-corrected chi connectivity index (χ2v) is 4.56. The van der Waals surface area contributed by atoms with Gasteiger partial charge < -0.3 is 10.2 Å². The van der Waals surface area contributed by atoms with E-state index in [1.165, 1.54) is 0 Å². The molecule has 2 atom stereocenters. The summed E-state index contributed by atoms with van der Waals surface area (Å²) >= 11 is 0. The smallest absolute Gasteiger partial charge is 0.408 e. The minimum Gasteiger partial charge on any atom is -0.480 e. The summed E-state index contributed by atoms with van der Waals surface area (Å²) in [6, 6.07) is 7.17. The van der Waals surface area contributed by atoms with E-state index in [4.69, 9.17) is 15.1 Å². The Morgan fingerprint density at radius 1 is 1.19 bits per heavy atom. The van der Waals surface area contributed by atoms with Gasteiger partial charge in [0, 0.05) is 12.0 Å². The zero-order valence-electron chi connectivity index (χ0n) is 10.9. The number of hydroxylamine groups is 1. The number of aliphatic carboxylic acids is 1. The van der Waals surface area contributed by atoms with Crippen LogP contribution in [0.15, 0.2) is 30.3 Å². The fourth-order valence-electron chi connectivity index (χ4n) is 2.11. The van der Waals surface area contributed by atoms with Crippen LogP contribution >= 0.6 is 0 Å². The summed E-state index contributed by atoms with van der Waals surface area (Å²) < 4.78 is 0. The van der Waals surface area contributed by atoms with Crippen molar-refractivity contribution in [1.82, 2.24) is 10.4 Å². The van der Waals surface area contributed by atoms with Gasteiger partial charge >= 0.3 is 12.1 Å². The van der Waals surface area contributed by atoms with Gasteiger partial charge in [-0.3, -0.25) is 14.5 Å². The molecular formula is C13H14N2O6. The Hall–Kier alpha value is -2.61. The van der Waals surface area contributed by atoms with E-state index in [-0.39, 0.29) is 13.0 Å².